The van der Waals surface area contributed by atoms with Crippen molar-refractivity contribution >= 4 is 0 Å². The quantitative estimate of drug-likeness (QED) is 0.655. The van der Waals surface area contributed by atoms with Gasteiger partial charge in [-0.2, -0.15) is 0 Å². The fraction of sp³-hybridized carbons (Fsp3) is 0.600. The Kier molecular flexibility index (Phi) is 2.17. The Bertz CT molecular complexity index is 350. The Hall–Kier alpha value is -1.12. The van der Waals surface area contributed by atoms with E-state index in [9.17, 15) is 4.79 Å². The largest absolute Gasteiger partial charge is 0.347 e. The molecule has 0 saturated heterocycles. The van der Waals surface area contributed by atoms with Gasteiger partial charge in [0, 0.05) is 18.4 Å². The molecule has 1 fully saturated rings. The summed E-state index contributed by atoms with van der Waals surface area (Å²) in [5.41, 5.74) is 0.962. The second-order valence-electron chi connectivity index (χ2n) is 3.76. The zero-order valence-corrected chi connectivity index (χ0v) is 7.86. The summed E-state index contributed by atoms with van der Waals surface area (Å²) in [6.07, 6.45) is 8.30. The summed E-state index contributed by atoms with van der Waals surface area (Å²) in [5.74, 6) is 0. The molecular weight excluding hydrogens is 164 g/mol. The van der Waals surface area contributed by atoms with Crippen molar-refractivity contribution in [1.82, 2.24) is 9.55 Å². The first kappa shape index (κ1) is 8.48. The summed E-state index contributed by atoms with van der Waals surface area (Å²) in [6, 6.07) is 0.403. The summed E-state index contributed by atoms with van der Waals surface area (Å²) in [6.45, 7) is 1.97. The lowest BCUT2D eigenvalue weighted by molar-refractivity contribution is 0.490. The maximum Gasteiger partial charge on any atom is 0.347 e. The molecule has 0 spiro atoms. The van der Waals surface area contributed by atoms with Gasteiger partial charge in [0.25, 0.3) is 0 Å². The summed E-state index contributed by atoms with van der Waals surface area (Å²) in [7, 11) is 0. The fourth-order valence-electron chi connectivity index (χ4n) is 1.98. The van der Waals surface area contributed by atoms with Gasteiger partial charge >= 0.3 is 5.69 Å². The Morgan fingerprint density at radius 3 is 2.85 bits per heavy atom. The first-order valence-corrected chi connectivity index (χ1v) is 4.82. The van der Waals surface area contributed by atoms with Gasteiger partial charge in [-0.25, -0.2) is 9.78 Å². The predicted molar refractivity (Wildman–Crippen MR) is 50.7 cm³/mol. The van der Waals surface area contributed by atoms with Crippen molar-refractivity contribution in [3.05, 3.63) is 28.4 Å². The zero-order valence-electron chi connectivity index (χ0n) is 7.86. The third kappa shape index (κ3) is 1.64. The lowest BCUT2D eigenvalue weighted by Crippen LogP contribution is -2.25. The van der Waals surface area contributed by atoms with E-state index in [1.165, 1.54) is 12.8 Å². The van der Waals surface area contributed by atoms with Crippen LogP contribution in [0.5, 0.6) is 0 Å². The molecule has 0 radical (unpaired) electrons. The molecule has 1 aliphatic carbocycles. The van der Waals surface area contributed by atoms with Crippen LogP contribution in [0.3, 0.4) is 0 Å². The number of aryl methyl sites for hydroxylation is 1. The van der Waals surface area contributed by atoms with Gasteiger partial charge in [0.1, 0.15) is 0 Å². The normalized spacial score (nSPS) is 17.9. The van der Waals surface area contributed by atoms with Crippen molar-refractivity contribution in [1.29, 1.82) is 0 Å². The van der Waals surface area contributed by atoms with Gasteiger partial charge in [-0.15, -0.1) is 0 Å². The van der Waals surface area contributed by atoms with Crippen LogP contribution in [0.1, 0.15) is 37.3 Å². The van der Waals surface area contributed by atoms with Crippen molar-refractivity contribution in [3.63, 3.8) is 0 Å². The van der Waals surface area contributed by atoms with E-state index < -0.39 is 0 Å². The van der Waals surface area contributed by atoms with Gasteiger partial charge in [-0.3, -0.25) is 4.57 Å². The van der Waals surface area contributed by atoms with Crippen LogP contribution in [-0.4, -0.2) is 9.55 Å². The molecule has 3 nitrogen and oxygen atoms in total. The van der Waals surface area contributed by atoms with Crippen molar-refractivity contribution in [2.45, 2.75) is 38.6 Å². The molecule has 13 heavy (non-hydrogen) atoms. The molecule has 70 valence electrons. The topological polar surface area (TPSA) is 34.9 Å². The molecule has 0 aromatic carbocycles. The van der Waals surface area contributed by atoms with E-state index in [1.54, 1.807) is 10.8 Å². The SMILES string of the molecule is Cc1cnc(=O)n(C2CCCC2)c1. The fourth-order valence-corrected chi connectivity index (χ4v) is 1.98. The lowest BCUT2D eigenvalue weighted by Gasteiger charge is -2.12. The molecule has 1 aromatic heterocycles. The van der Waals surface area contributed by atoms with E-state index in [1.807, 2.05) is 13.1 Å². The van der Waals surface area contributed by atoms with Crippen molar-refractivity contribution in [3.8, 4) is 0 Å². The second-order valence-corrected chi connectivity index (χ2v) is 3.76. The average Bonchev–Trinajstić information content (AvgIpc) is 2.61. The van der Waals surface area contributed by atoms with E-state index in [2.05, 4.69) is 4.98 Å². The molecule has 0 atom stereocenters. The summed E-state index contributed by atoms with van der Waals surface area (Å²) < 4.78 is 1.79. The van der Waals surface area contributed by atoms with Crippen LogP contribution in [0.25, 0.3) is 0 Å². The van der Waals surface area contributed by atoms with Gasteiger partial charge in [-0.05, 0) is 25.3 Å². The minimum absolute atomic E-state index is 0.0995. The molecule has 0 aliphatic heterocycles. The van der Waals surface area contributed by atoms with E-state index in [4.69, 9.17) is 0 Å². The minimum atomic E-state index is -0.0995. The molecule has 3 heteroatoms. The van der Waals surface area contributed by atoms with Crippen LogP contribution in [0.2, 0.25) is 0 Å². The highest BCUT2D eigenvalue weighted by Crippen LogP contribution is 2.27. The molecule has 0 N–H and O–H groups in total. The predicted octanol–water partition coefficient (Wildman–Crippen LogP) is 1.67. The Morgan fingerprint density at radius 2 is 2.15 bits per heavy atom. The average molecular weight is 178 g/mol. The molecule has 2 rings (SSSR count). The molecule has 1 aromatic rings. The van der Waals surface area contributed by atoms with Gasteiger partial charge in [0.05, 0.1) is 0 Å². The Balaban J connectivity index is 2.37. The molecule has 0 unspecified atom stereocenters. The van der Waals surface area contributed by atoms with Crippen LogP contribution in [0.4, 0.5) is 0 Å². The molecule has 1 heterocycles. The van der Waals surface area contributed by atoms with Crippen LogP contribution < -0.4 is 5.69 Å². The lowest BCUT2D eigenvalue weighted by atomic mass is 10.2. The number of rotatable bonds is 1. The van der Waals surface area contributed by atoms with E-state index >= 15 is 0 Å². The van der Waals surface area contributed by atoms with Gasteiger partial charge < -0.3 is 0 Å². The van der Waals surface area contributed by atoms with Crippen molar-refractivity contribution in [2.75, 3.05) is 0 Å². The van der Waals surface area contributed by atoms with Crippen LogP contribution in [0.15, 0.2) is 17.2 Å². The number of nitrogens with zero attached hydrogens (tertiary/aromatic N) is 2. The third-order valence-electron chi connectivity index (χ3n) is 2.66. The summed E-state index contributed by atoms with van der Waals surface area (Å²) >= 11 is 0. The van der Waals surface area contributed by atoms with Crippen LogP contribution in [0, 0.1) is 6.92 Å². The molecular formula is C10H14N2O. The first-order chi connectivity index (χ1) is 6.27. The summed E-state index contributed by atoms with van der Waals surface area (Å²) in [4.78, 5) is 15.2. The van der Waals surface area contributed by atoms with E-state index in [-0.39, 0.29) is 5.69 Å². The van der Waals surface area contributed by atoms with Crippen molar-refractivity contribution < 1.29 is 0 Å². The van der Waals surface area contributed by atoms with E-state index in [0.717, 1.165) is 18.4 Å². The van der Waals surface area contributed by atoms with Crippen LogP contribution in [-0.2, 0) is 0 Å². The molecule has 0 bridgehead atoms. The van der Waals surface area contributed by atoms with Crippen LogP contribution >= 0.6 is 0 Å². The Labute approximate surface area is 77.4 Å². The maximum atomic E-state index is 11.4. The number of hydrogen-bond acceptors (Lipinski definition) is 2. The molecule has 1 aliphatic rings. The van der Waals surface area contributed by atoms with E-state index in [0.29, 0.717) is 6.04 Å². The monoisotopic (exact) mass is 178 g/mol. The van der Waals surface area contributed by atoms with Crippen molar-refractivity contribution in [2.24, 2.45) is 0 Å². The standard InChI is InChI=1S/C10H14N2O/c1-8-6-11-10(13)12(7-8)9-4-2-3-5-9/h6-7,9H,2-5H2,1H3. The third-order valence-corrected chi connectivity index (χ3v) is 2.66. The minimum Gasteiger partial charge on any atom is -0.296 e. The summed E-state index contributed by atoms with van der Waals surface area (Å²) in [5, 5.41) is 0. The first-order valence-electron chi connectivity index (χ1n) is 4.82. The smallest absolute Gasteiger partial charge is 0.296 e. The van der Waals surface area contributed by atoms with Gasteiger partial charge in [0.2, 0.25) is 0 Å². The Morgan fingerprint density at radius 1 is 1.46 bits per heavy atom. The maximum absolute atomic E-state index is 11.4. The highest BCUT2D eigenvalue weighted by atomic mass is 16.1. The zero-order chi connectivity index (χ0) is 9.26. The highest BCUT2D eigenvalue weighted by molar-refractivity contribution is 5.01. The molecule has 1 saturated carbocycles. The van der Waals surface area contributed by atoms with Gasteiger partial charge in [0.15, 0.2) is 0 Å². The second kappa shape index (κ2) is 3.32. The number of aromatic nitrogens is 2. The number of hydrogen-bond donors (Lipinski definition) is 0. The van der Waals surface area contributed by atoms with Gasteiger partial charge in [-0.1, -0.05) is 12.8 Å². The molecule has 0 amide bonds. The highest BCUT2D eigenvalue weighted by Gasteiger charge is 2.17.